The molecule has 170 valence electrons. The molecule has 0 bridgehead atoms. The smallest absolute Gasteiger partial charge is 0.137 e. The number of aromatic nitrogens is 2. The van der Waals surface area contributed by atoms with E-state index in [1.807, 2.05) is 48.5 Å². The molecule has 32 heavy (non-hydrogen) atoms. The number of rotatable bonds is 11. The summed E-state index contributed by atoms with van der Waals surface area (Å²) in [6.07, 6.45) is 3.00. The molecule has 0 aliphatic heterocycles. The first-order chi connectivity index (χ1) is 15.5. The van der Waals surface area contributed by atoms with Crippen molar-refractivity contribution in [3.8, 4) is 16.9 Å². The lowest BCUT2D eigenvalue weighted by Crippen LogP contribution is -2.29. The number of aliphatic hydroxyl groups is 2. The summed E-state index contributed by atoms with van der Waals surface area (Å²) in [6.45, 7) is 6.13. The van der Waals surface area contributed by atoms with Crippen molar-refractivity contribution >= 4 is 0 Å². The minimum atomic E-state index is -0.931. The van der Waals surface area contributed by atoms with Crippen LogP contribution in [0.1, 0.15) is 36.6 Å². The third kappa shape index (κ3) is 5.26. The maximum Gasteiger partial charge on any atom is 0.137 e. The van der Waals surface area contributed by atoms with Gasteiger partial charge in [-0.1, -0.05) is 48.5 Å². The number of benzene rings is 2. The predicted molar refractivity (Wildman–Crippen MR) is 124 cm³/mol. The standard InChI is InChI=1S/C25H31N3O4/c1-4-22(28-13-12-27-25(28)17(2)29)24(30)19-10-11-21(18-8-6-5-7-9-18)23(14-19)32-16-20(15-26)31-3/h4-14,17,20,22,24,29-30H,1,15-16,26H2,2-3H3/t17-,20?,22?,24?/m0/s1. The summed E-state index contributed by atoms with van der Waals surface area (Å²) < 4.78 is 13.2. The average Bonchev–Trinajstić information content (AvgIpc) is 3.30. The number of methoxy groups -OCH3 is 1. The summed E-state index contributed by atoms with van der Waals surface area (Å²) in [5.74, 6) is 1.07. The van der Waals surface area contributed by atoms with E-state index in [1.165, 1.54) is 0 Å². The highest BCUT2D eigenvalue weighted by atomic mass is 16.5. The van der Waals surface area contributed by atoms with E-state index in [0.29, 0.717) is 23.7 Å². The van der Waals surface area contributed by atoms with E-state index >= 15 is 0 Å². The van der Waals surface area contributed by atoms with Crippen LogP contribution in [-0.2, 0) is 4.74 Å². The quantitative estimate of drug-likeness (QED) is 0.397. The summed E-state index contributed by atoms with van der Waals surface area (Å²) in [6, 6.07) is 15.0. The number of imidazole rings is 1. The number of hydrogen-bond acceptors (Lipinski definition) is 6. The van der Waals surface area contributed by atoms with Crippen LogP contribution < -0.4 is 10.5 Å². The van der Waals surface area contributed by atoms with E-state index in [2.05, 4.69) is 11.6 Å². The zero-order valence-corrected chi connectivity index (χ0v) is 18.5. The molecule has 7 nitrogen and oxygen atoms in total. The third-order valence-corrected chi connectivity index (χ3v) is 5.41. The van der Waals surface area contributed by atoms with Crippen LogP contribution in [0.2, 0.25) is 0 Å². The van der Waals surface area contributed by atoms with Gasteiger partial charge in [-0.3, -0.25) is 0 Å². The zero-order chi connectivity index (χ0) is 23.1. The molecule has 1 aromatic heterocycles. The Morgan fingerprint density at radius 2 is 1.94 bits per heavy atom. The van der Waals surface area contributed by atoms with Gasteiger partial charge in [-0.25, -0.2) is 4.98 Å². The molecule has 4 atom stereocenters. The van der Waals surface area contributed by atoms with E-state index in [1.54, 1.807) is 37.1 Å². The van der Waals surface area contributed by atoms with Gasteiger partial charge in [0.05, 0.1) is 6.04 Å². The van der Waals surface area contributed by atoms with Gasteiger partial charge < -0.3 is 30.0 Å². The molecular weight excluding hydrogens is 406 g/mol. The molecule has 0 aliphatic carbocycles. The van der Waals surface area contributed by atoms with E-state index < -0.39 is 18.2 Å². The SMILES string of the molecule is C=CC(C(O)c1ccc(-c2ccccc2)c(OCC(CN)OC)c1)n1ccnc1[C@H](C)O. The van der Waals surface area contributed by atoms with Crippen molar-refractivity contribution in [2.45, 2.75) is 31.3 Å². The van der Waals surface area contributed by atoms with Gasteiger partial charge in [-0.15, -0.1) is 6.58 Å². The van der Waals surface area contributed by atoms with Crippen LogP contribution >= 0.6 is 0 Å². The highest BCUT2D eigenvalue weighted by molar-refractivity contribution is 5.71. The Hall–Kier alpha value is -2.97. The van der Waals surface area contributed by atoms with Gasteiger partial charge in [-0.05, 0) is 24.1 Å². The molecular formula is C25H31N3O4. The second kappa shape index (κ2) is 11.1. The number of ether oxygens (including phenoxy) is 2. The predicted octanol–water partition coefficient (Wildman–Crippen LogP) is 3.42. The third-order valence-electron chi connectivity index (χ3n) is 5.41. The largest absolute Gasteiger partial charge is 0.490 e. The average molecular weight is 438 g/mol. The Labute approximate surface area is 188 Å². The topological polar surface area (TPSA) is 103 Å². The van der Waals surface area contributed by atoms with Crippen LogP contribution in [0.4, 0.5) is 0 Å². The Morgan fingerprint density at radius 1 is 1.19 bits per heavy atom. The fraction of sp³-hybridized carbons (Fsp3) is 0.320. The van der Waals surface area contributed by atoms with E-state index in [-0.39, 0.29) is 12.7 Å². The van der Waals surface area contributed by atoms with Gasteiger partial charge >= 0.3 is 0 Å². The van der Waals surface area contributed by atoms with Gasteiger partial charge in [0.25, 0.3) is 0 Å². The van der Waals surface area contributed by atoms with Crippen molar-refractivity contribution in [1.29, 1.82) is 0 Å². The Bertz CT molecular complexity index is 999. The molecule has 0 fully saturated rings. The first kappa shape index (κ1) is 23.7. The zero-order valence-electron chi connectivity index (χ0n) is 18.5. The first-order valence-electron chi connectivity index (χ1n) is 10.6. The highest BCUT2D eigenvalue weighted by Gasteiger charge is 2.24. The summed E-state index contributed by atoms with van der Waals surface area (Å²) >= 11 is 0. The Kier molecular flexibility index (Phi) is 8.19. The molecule has 2 aromatic carbocycles. The molecule has 0 spiro atoms. The highest BCUT2D eigenvalue weighted by Crippen LogP contribution is 2.36. The molecule has 3 aromatic rings. The fourth-order valence-corrected chi connectivity index (χ4v) is 3.61. The molecule has 0 amide bonds. The Morgan fingerprint density at radius 3 is 2.56 bits per heavy atom. The molecule has 3 unspecified atom stereocenters. The van der Waals surface area contributed by atoms with E-state index in [4.69, 9.17) is 15.2 Å². The number of hydrogen-bond donors (Lipinski definition) is 3. The van der Waals surface area contributed by atoms with Crippen LogP contribution in [0.3, 0.4) is 0 Å². The minimum absolute atomic E-state index is 0.243. The molecule has 1 heterocycles. The fourth-order valence-electron chi connectivity index (χ4n) is 3.61. The summed E-state index contributed by atoms with van der Waals surface area (Å²) in [5, 5.41) is 21.2. The molecule has 0 radical (unpaired) electrons. The lowest BCUT2D eigenvalue weighted by Gasteiger charge is -2.25. The van der Waals surface area contributed by atoms with Crippen LogP contribution in [-0.4, -0.2) is 46.1 Å². The lowest BCUT2D eigenvalue weighted by atomic mass is 9.97. The number of nitrogens with zero attached hydrogens (tertiary/aromatic N) is 2. The van der Waals surface area contributed by atoms with Crippen molar-refractivity contribution in [3.05, 3.63) is 85.0 Å². The first-order valence-corrected chi connectivity index (χ1v) is 10.6. The molecule has 0 aliphatic rings. The van der Waals surface area contributed by atoms with E-state index in [0.717, 1.165) is 11.1 Å². The van der Waals surface area contributed by atoms with E-state index in [9.17, 15) is 10.2 Å². The normalized spacial score (nSPS) is 15.0. The van der Waals surface area contributed by atoms with Crippen LogP contribution in [0.25, 0.3) is 11.1 Å². The number of aliphatic hydroxyl groups excluding tert-OH is 2. The molecule has 0 saturated heterocycles. The minimum Gasteiger partial charge on any atom is -0.490 e. The van der Waals surface area contributed by atoms with Crippen molar-refractivity contribution in [2.75, 3.05) is 20.3 Å². The number of nitrogens with two attached hydrogens (primary N) is 1. The monoisotopic (exact) mass is 437 g/mol. The Balaban J connectivity index is 1.97. The summed E-state index contributed by atoms with van der Waals surface area (Å²) in [5.41, 5.74) is 8.29. The van der Waals surface area contributed by atoms with Crippen LogP contribution in [0.15, 0.2) is 73.6 Å². The molecule has 7 heteroatoms. The summed E-state index contributed by atoms with van der Waals surface area (Å²) in [4.78, 5) is 4.20. The van der Waals surface area contributed by atoms with Crippen molar-refractivity contribution in [3.63, 3.8) is 0 Å². The maximum atomic E-state index is 11.2. The van der Waals surface area contributed by atoms with Gasteiger partial charge in [0.15, 0.2) is 0 Å². The van der Waals surface area contributed by atoms with Gasteiger partial charge in [0, 0.05) is 31.6 Å². The lowest BCUT2D eigenvalue weighted by molar-refractivity contribution is 0.0643. The van der Waals surface area contributed by atoms with Gasteiger partial charge in [-0.2, -0.15) is 0 Å². The molecule has 4 N–H and O–H groups in total. The van der Waals surface area contributed by atoms with Crippen molar-refractivity contribution in [2.24, 2.45) is 5.73 Å². The maximum absolute atomic E-state index is 11.2. The van der Waals surface area contributed by atoms with Crippen LogP contribution in [0.5, 0.6) is 5.75 Å². The van der Waals surface area contributed by atoms with Gasteiger partial charge in [0.1, 0.15) is 36.5 Å². The van der Waals surface area contributed by atoms with Gasteiger partial charge in [0.2, 0.25) is 0 Å². The molecule has 3 rings (SSSR count). The molecule has 0 saturated carbocycles. The second-order valence-corrected chi connectivity index (χ2v) is 7.57. The summed E-state index contributed by atoms with van der Waals surface area (Å²) in [7, 11) is 1.60. The second-order valence-electron chi connectivity index (χ2n) is 7.57. The van der Waals surface area contributed by atoms with Crippen molar-refractivity contribution in [1.82, 2.24) is 9.55 Å². The van der Waals surface area contributed by atoms with Crippen molar-refractivity contribution < 1.29 is 19.7 Å². The van der Waals surface area contributed by atoms with Crippen LogP contribution in [0, 0.1) is 0 Å².